The number of nitro benzene ring substituents is 1. The number of nitrogens with one attached hydrogen (secondary N) is 1. The summed E-state index contributed by atoms with van der Waals surface area (Å²) in [6.45, 7) is 0. The lowest BCUT2D eigenvalue weighted by Gasteiger charge is -2.06. The molecule has 7 nitrogen and oxygen atoms in total. The number of carbonyl (C=O) groups excluding carboxylic acids is 1. The number of nitro groups is 1. The molecule has 0 aliphatic carbocycles. The van der Waals surface area contributed by atoms with Crippen molar-refractivity contribution in [3.63, 3.8) is 0 Å². The van der Waals surface area contributed by atoms with Crippen molar-refractivity contribution >= 4 is 17.8 Å². The summed E-state index contributed by atoms with van der Waals surface area (Å²) in [6, 6.07) is 20.6. The third-order valence-electron chi connectivity index (χ3n) is 4.03. The Morgan fingerprint density at radius 2 is 1.75 bits per heavy atom. The number of hydrogen-bond acceptors (Lipinski definition) is 5. The number of methoxy groups -OCH3 is 1. The first-order chi connectivity index (χ1) is 13.6. The lowest BCUT2D eigenvalue weighted by atomic mass is 10.0. The number of ether oxygens (including phenoxy) is 1. The van der Waals surface area contributed by atoms with Crippen molar-refractivity contribution in [3.8, 4) is 16.9 Å². The second-order valence-corrected chi connectivity index (χ2v) is 5.86. The van der Waals surface area contributed by atoms with E-state index in [4.69, 9.17) is 4.74 Å². The molecule has 0 aliphatic rings. The minimum absolute atomic E-state index is 0.00321. The van der Waals surface area contributed by atoms with Crippen LogP contribution in [0.4, 0.5) is 5.69 Å². The number of non-ortho nitro benzene ring substituents is 1. The largest absolute Gasteiger partial charge is 0.497 e. The van der Waals surface area contributed by atoms with E-state index in [1.54, 1.807) is 37.4 Å². The van der Waals surface area contributed by atoms with Crippen LogP contribution in [0.5, 0.6) is 5.75 Å². The standard InChI is InChI=1S/C21H17N3O4/c1-28-20-11-7-16(8-12-20)17-3-2-4-18(13-17)21(25)23-22-14-15-5-9-19(10-6-15)24(26)27/h2-14H,1H3,(H,23,25). The monoisotopic (exact) mass is 375 g/mol. The molecular weight excluding hydrogens is 358 g/mol. The van der Waals surface area contributed by atoms with E-state index >= 15 is 0 Å². The van der Waals surface area contributed by atoms with Crippen LogP contribution >= 0.6 is 0 Å². The average molecular weight is 375 g/mol. The molecule has 28 heavy (non-hydrogen) atoms. The SMILES string of the molecule is COc1ccc(-c2cccc(C(=O)NN=Cc3ccc([N+](=O)[O-])cc3)c2)cc1. The van der Waals surface area contributed by atoms with Crippen LogP contribution in [0.3, 0.4) is 0 Å². The van der Waals surface area contributed by atoms with Gasteiger partial charge in [0.1, 0.15) is 5.75 Å². The van der Waals surface area contributed by atoms with Gasteiger partial charge in [-0.2, -0.15) is 5.10 Å². The van der Waals surface area contributed by atoms with Gasteiger partial charge in [0.05, 0.1) is 18.2 Å². The minimum Gasteiger partial charge on any atom is -0.497 e. The van der Waals surface area contributed by atoms with Crippen molar-refractivity contribution in [1.29, 1.82) is 0 Å². The third kappa shape index (κ3) is 4.59. The fraction of sp³-hybridized carbons (Fsp3) is 0.0476. The minimum atomic E-state index is -0.474. The molecule has 0 aliphatic heterocycles. The highest BCUT2D eigenvalue weighted by molar-refractivity contribution is 5.96. The summed E-state index contributed by atoms with van der Waals surface area (Å²) in [6.07, 6.45) is 1.43. The van der Waals surface area contributed by atoms with Gasteiger partial charge >= 0.3 is 0 Å². The molecule has 0 aromatic heterocycles. The Morgan fingerprint density at radius 3 is 2.39 bits per heavy atom. The van der Waals surface area contributed by atoms with E-state index < -0.39 is 4.92 Å². The second-order valence-electron chi connectivity index (χ2n) is 5.86. The Bertz CT molecular complexity index is 1010. The fourth-order valence-corrected chi connectivity index (χ4v) is 2.54. The van der Waals surface area contributed by atoms with Crippen molar-refractivity contribution in [1.82, 2.24) is 5.43 Å². The van der Waals surface area contributed by atoms with Crippen molar-refractivity contribution in [2.24, 2.45) is 5.10 Å². The van der Waals surface area contributed by atoms with Gasteiger partial charge in [-0.05, 0) is 53.1 Å². The Labute approximate surface area is 161 Å². The Hall–Kier alpha value is -4.00. The molecule has 0 unspecified atom stereocenters. The molecule has 0 bridgehead atoms. The fourth-order valence-electron chi connectivity index (χ4n) is 2.54. The van der Waals surface area contributed by atoms with Crippen LogP contribution in [0.1, 0.15) is 15.9 Å². The highest BCUT2D eigenvalue weighted by Gasteiger charge is 2.07. The molecule has 3 rings (SSSR count). The molecule has 0 saturated heterocycles. The molecule has 0 atom stereocenters. The topological polar surface area (TPSA) is 93.8 Å². The quantitative estimate of drug-likeness (QED) is 0.400. The van der Waals surface area contributed by atoms with Gasteiger partial charge < -0.3 is 4.74 Å². The lowest BCUT2D eigenvalue weighted by molar-refractivity contribution is -0.384. The number of hydrogen-bond donors (Lipinski definition) is 1. The van der Waals surface area contributed by atoms with Gasteiger partial charge in [-0.15, -0.1) is 0 Å². The van der Waals surface area contributed by atoms with Crippen molar-refractivity contribution in [3.05, 3.63) is 94.0 Å². The van der Waals surface area contributed by atoms with E-state index in [1.165, 1.54) is 18.3 Å². The first-order valence-corrected chi connectivity index (χ1v) is 8.39. The lowest BCUT2D eigenvalue weighted by Crippen LogP contribution is -2.17. The average Bonchev–Trinajstić information content (AvgIpc) is 2.74. The summed E-state index contributed by atoms with van der Waals surface area (Å²) in [4.78, 5) is 22.5. The van der Waals surface area contributed by atoms with E-state index in [1.807, 2.05) is 30.3 Å². The summed E-state index contributed by atoms with van der Waals surface area (Å²) in [5, 5.41) is 14.5. The van der Waals surface area contributed by atoms with Gasteiger partial charge in [0, 0.05) is 17.7 Å². The number of amides is 1. The van der Waals surface area contributed by atoms with Crippen molar-refractivity contribution in [2.75, 3.05) is 7.11 Å². The molecule has 3 aromatic carbocycles. The number of benzene rings is 3. The molecular formula is C21H17N3O4. The first kappa shape index (κ1) is 18.8. The first-order valence-electron chi connectivity index (χ1n) is 8.39. The zero-order chi connectivity index (χ0) is 19.9. The summed E-state index contributed by atoms with van der Waals surface area (Å²) in [7, 11) is 1.61. The molecule has 3 aromatic rings. The van der Waals surface area contributed by atoms with Crippen LogP contribution in [0.25, 0.3) is 11.1 Å². The summed E-state index contributed by atoms with van der Waals surface area (Å²) < 4.78 is 5.15. The summed E-state index contributed by atoms with van der Waals surface area (Å²) >= 11 is 0. The molecule has 0 spiro atoms. The summed E-state index contributed by atoms with van der Waals surface area (Å²) in [5.41, 5.74) is 5.42. The van der Waals surface area contributed by atoms with Gasteiger partial charge in [0.2, 0.25) is 0 Å². The van der Waals surface area contributed by atoms with Gasteiger partial charge in [-0.25, -0.2) is 5.43 Å². The molecule has 140 valence electrons. The number of rotatable bonds is 6. The van der Waals surface area contributed by atoms with Gasteiger partial charge in [-0.3, -0.25) is 14.9 Å². The molecule has 1 amide bonds. The van der Waals surface area contributed by atoms with Crippen LogP contribution in [0.2, 0.25) is 0 Å². The predicted molar refractivity (Wildman–Crippen MR) is 107 cm³/mol. The zero-order valence-corrected chi connectivity index (χ0v) is 15.0. The maximum Gasteiger partial charge on any atom is 0.271 e. The molecule has 0 heterocycles. The van der Waals surface area contributed by atoms with Crippen LogP contribution in [0, 0.1) is 10.1 Å². The highest BCUT2D eigenvalue weighted by atomic mass is 16.6. The Kier molecular flexibility index (Phi) is 5.76. The zero-order valence-electron chi connectivity index (χ0n) is 15.0. The number of nitrogens with zero attached hydrogens (tertiary/aromatic N) is 2. The maximum absolute atomic E-state index is 12.3. The van der Waals surface area contributed by atoms with Crippen LogP contribution in [0.15, 0.2) is 77.9 Å². The van der Waals surface area contributed by atoms with E-state index in [0.717, 1.165) is 16.9 Å². The molecule has 0 radical (unpaired) electrons. The van der Waals surface area contributed by atoms with Crippen molar-refractivity contribution < 1.29 is 14.5 Å². The van der Waals surface area contributed by atoms with Gasteiger partial charge in [0.15, 0.2) is 0 Å². The van der Waals surface area contributed by atoms with Crippen LogP contribution in [-0.4, -0.2) is 24.2 Å². The van der Waals surface area contributed by atoms with Crippen molar-refractivity contribution in [2.45, 2.75) is 0 Å². The molecule has 0 saturated carbocycles. The van der Waals surface area contributed by atoms with E-state index in [-0.39, 0.29) is 11.6 Å². The number of carbonyl (C=O) groups is 1. The number of hydrazone groups is 1. The van der Waals surface area contributed by atoms with E-state index in [9.17, 15) is 14.9 Å². The molecule has 7 heteroatoms. The Balaban J connectivity index is 1.67. The van der Waals surface area contributed by atoms with Crippen LogP contribution < -0.4 is 10.2 Å². The van der Waals surface area contributed by atoms with E-state index in [2.05, 4.69) is 10.5 Å². The highest BCUT2D eigenvalue weighted by Crippen LogP contribution is 2.23. The maximum atomic E-state index is 12.3. The van der Waals surface area contributed by atoms with Gasteiger partial charge in [-0.1, -0.05) is 24.3 Å². The van der Waals surface area contributed by atoms with E-state index in [0.29, 0.717) is 11.1 Å². The molecule has 0 fully saturated rings. The van der Waals surface area contributed by atoms with Crippen LogP contribution in [-0.2, 0) is 0 Å². The second kappa shape index (κ2) is 8.59. The normalized spacial score (nSPS) is 10.6. The summed E-state index contributed by atoms with van der Waals surface area (Å²) in [5.74, 6) is 0.409. The predicted octanol–water partition coefficient (Wildman–Crippen LogP) is 4.03. The molecule has 1 N–H and O–H groups in total. The van der Waals surface area contributed by atoms with Gasteiger partial charge in [0.25, 0.3) is 11.6 Å². The third-order valence-corrected chi connectivity index (χ3v) is 4.03. The Morgan fingerprint density at radius 1 is 1.04 bits per heavy atom. The smallest absolute Gasteiger partial charge is 0.271 e.